The molecule has 0 unspecified atom stereocenters. The Hall–Kier alpha value is -1.39. The third kappa shape index (κ3) is 1.49. The van der Waals surface area contributed by atoms with E-state index in [9.17, 15) is 4.79 Å². The fourth-order valence-electron chi connectivity index (χ4n) is 2.33. The first kappa shape index (κ1) is 11.7. The summed E-state index contributed by atoms with van der Waals surface area (Å²) in [5.41, 5.74) is 1.55. The summed E-state index contributed by atoms with van der Waals surface area (Å²) >= 11 is 0. The van der Waals surface area contributed by atoms with Gasteiger partial charge in [0, 0.05) is 11.0 Å². The van der Waals surface area contributed by atoms with Crippen molar-refractivity contribution in [2.24, 2.45) is 5.41 Å². The van der Waals surface area contributed by atoms with E-state index in [0.717, 1.165) is 17.7 Å². The van der Waals surface area contributed by atoms with Gasteiger partial charge >= 0.3 is 0 Å². The fourth-order valence-corrected chi connectivity index (χ4v) is 2.33. The zero-order valence-electron chi connectivity index (χ0n) is 10.7. The Balaban J connectivity index is 1.96. The van der Waals surface area contributed by atoms with E-state index in [1.54, 1.807) is 0 Å². The van der Waals surface area contributed by atoms with Gasteiger partial charge < -0.3 is 14.8 Å². The molecule has 2 heterocycles. The summed E-state index contributed by atoms with van der Waals surface area (Å²) < 4.78 is 11.7. The molecule has 1 amide bonds. The van der Waals surface area contributed by atoms with E-state index < -0.39 is 5.79 Å². The largest absolute Gasteiger partial charge is 0.338 e. The van der Waals surface area contributed by atoms with Crippen LogP contribution in [0.2, 0.25) is 0 Å². The van der Waals surface area contributed by atoms with Gasteiger partial charge in [0.25, 0.3) is 11.7 Å². The number of nitrogens with one attached hydrogen (secondary N) is 1. The summed E-state index contributed by atoms with van der Waals surface area (Å²) in [5.74, 6) is -1.45. The van der Waals surface area contributed by atoms with Gasteiger partial charge in [-0.25, -0.2) is 0 Å². The molecule has 1 spiro atoms. The molecule has 1 saturated heterocycles. The first-order valence-corrected chi connectivity index (χ1v) is 6.28. The Morgan fingerprint density at radius 2 is 1.94 bits per heavy atom. The summed E-state index contributed by atoms with van der Waals surface area (Å²) in [6.07, 6.45) is 0.965. The van der Waals surface area contributed by atoms with Gasteiger partial charge in [-0.2, -0.15) is 0 Å². The molecule has 2 aliphatic rings. The average molecular weight is 247 g/mol. The highest BCUT2D eigenvalue weighted by Gasteiger charge is 2.53. The molecule has 0 aliphatic carbocycles. The maximum atomic E-state index is 12.1. The highest BCUT2D eigenvalue weighted by Crippen LogP contribution is 2.44. The Labute approximate surface area is 106 Å². The molecule has 0 saturated carbocycles. The zero-order valence-corrected chi connectivity index (χ0v) is 10.7. The molecule has 0 atom stereocenters. The number of fused-ring (bicyclic) bond motifs is 2. The summed E-state index contributed by atoms with van der Waals surface area (Å²) in [6.45, 7) is 5.28. The number of carbonyl (C=O) groups excluding carboxylic acids is 1. The molecular formula is C14H17NO3. The molecule has 1 aromatic rings. The second-order valence-electron chi connectivity index (χ2n) is 5.36. The van der Waals surface area contributed by atoms with Crippen molar-refractivity contribution in [2.75, 3.05) is 18.5 Å². The molecule has 4 heteroatoms. The van der Waals surface area contributed by atoms with Crippen LogP contribution in [0.3, 0.4) is 0 Å². The van der Waals surface area contributed by atoms with E-state index in [2.05, 4.69) is 19.2 Å². The summed E-state index contributed by atoms with van der Waals surface area (Å²) in [4.78, 5) is 12.1. The topological polar surface area (TPSA) is 47.6 Å². The Morgan fingerprint density at radius 3 is 2.61 bits per heavy atom. The van der Waals surface area contributed by atoms with Crippen molar-refractivity contribution in [3.8, 4) is 0 Å². The number of hydrogen-bond donors (Lipinski definition) is 1. The molecular weight excluding hydrogens is 230 g/mol. The minimum absolute atomic E-state index is 0.0108. The van der Waals surface area contributed by atoms with Crippen molar-refractivity contribution in [1.29, 1.82) is 0 Å². The van der Waals surface area contributed by atoms with Gasteiger partial charge in [0.1, 0.15) is 0 Å². The van der Waals surface area contributed by atoms with Crippen molar-refractivity contribution < 1.29 is 14.3 Å². The van der Waals surface area contributed by atoms with E-state index in [1.807, 2.05) is 24.3 Å². The smallest absolute Gasteiger partial charge is 0.289 e. The normalized spacial score (nSPS) is 34.4. The lowest BCUT2D eigenvalue weighted by Crippen LogP contribution is -2.50. The van der Waals surface area contributed by atoms with Gasteiger partial charge in [0.2, 0.25) is 0 Å². The Morgan fingerprint density at radius 1 is 1.28 bits per heavy atom. The number of benzene rings is 1. The summed E-state index contributed by atoms with van der Waals surface area (Å²) in [7, 11) is 0. The monoisotopic (exact) mass is 247 g/mol. The zero-order chi connectivity index (χ0) is 12.8. The lowest BCUT2D eigenvalue weighted by Gasteiger charge is -2.41. The number of amides is 1. The quantitative estimate of drug-likeness (QED) is 0.828. The molecule has 2 aliphatic heterocycles. The number of para-hydroxylation sites is 1. The molecule has 0 radical (unpaired) electrons. The van der Waals surface area contributed by atoms with Gasteiger partial charge in [-0.15, -0.1) is 0 Å². The van der Waals surface area contributed by atoms with Crippen LogP contribution in [0.5, 0.6) is 0 Å². The minimum atomic E-state index is -1.23. The summed E-state index contributed by atoms with van der Waals surface area (Å²) in [5, 5.41) is 2.81. The van der Waals surface area contributed by atoms with Crippen LogP contribution in [0.15, 0.2) is 24.3 Å². The number of carbonyl (C=O) groups is 1. The van der Waals surface area contributed by atoms with Crippen molar-refractivity contribution in [3.05, 3.63) is 29.8 Å². The maximum absolute atomic E-state index is 12.1. The standard InChI is InChI=1S/C14H17NO3/c1-3-13(2)8-17-14(18-9-13)10-6-4-5-7-11(10)15-12(14)16/h4-7H,3,8-9H2,1-2H3,(H,15,16). The number of hydrogen-bond acceptors (Lipinski definition) is 3. The van der Waals surface area contributed by atoms with Crippen LogP contribution < -0.4 is 5.32 Å². The van der Waals surface area contributed by atoms with Gasteiger partial charge in [-0.1, -0.05) is 32.0 Å². The second kappa shape index (κ2) is 3.80. The number of rotatable bonds is 1. The van der Waals surface area contributed by atoms with Crippen LogP contribution in [0.4, 0.5) is 5.69 Å². The SMILES string of the molecule is CCC1(C)COC2(OC1)C(=O)Nc1ccccc12. The molecule has 4 nitrogen and oxygen atoms in total. The molecule has 18 heavy (non-hydrogen) atoms. The Bertz CT molecular complexity index is 490. The number of anilines is 1. The lowest BCUT2D eigenvalue weighted by molar-refractivity contribution is -0.288. The molecule has 1 aromatic carbocycles. The highest BCUT2D eigenvalue weighted by atomic mass is 16.7. The third-order valence-corrected chi connectivity index (χ3v) is 3.93. The molecule has 0 aromatic heterocycles. The van der Waals surface area contributed by atoms with Crippen LogP contribution in [0.25, 0.3) is 0 Å². The molecule has 1 fully saturated rings. The predicted octanol–water partition coefficient (Wildman–Crippen LogP) is 2.25. The van der Waals surface area contributed by atoms with Crippen molar-refractivity contribution >= 4 is 11.6 Å². The Kier molecular flexibility index (Phi) is 2.47. The molecule has 1 N–H and O–H groups in total. The first-order valence-electron chi connectivity index (χ1n) is 6.28. The fraction of sp³-hybridized carbons (Fsp3) is 0.500. The van der Waals surface area contributed by atoms with E-state index in [1.165, 1.54) is 0 Å². The van der Waals surface area contributed by atoms with Crippen molar-refractivity contribution in [3.63, 3.8) is 0 Å². The van der Waals surface area contributed by atoms with Gasteiger partial charge in [-0.05, 0) is 12.5 Å². The average Bonchev–Trinajstić information content (AvgIpc) is 2.67. The predicted molar refractivity (Wildman–Crippen MR) is 67.1 cm³/mol. The van der Waals surface area contributed by atoms with E-state index in [-0.39, 0.29) is 11.3 Å². The van der Waals surface area contributed by atoms with Crippen LogP contribution >= 0.6 is 0 Å². The highest BCUT2D eigenvalue weighted by molar-refractivity contribution is 6.04. The summed E-state index contributed by atoms with van der Waals surface area (Å²) in [6, 6.07) is 7.52. The molecule has 96 valence electrons. The molecule has 3 rings (SSSR count). The van der Waals surface area contributed by atoms with Gasteiger partial charge in [-0.3, -0.25) is 4.79 Å². The van der Waals surface area contributed by atoms with Crippen LogP contribution in [-0.2, 0) is 20.1 Å². The van der Waals surface area contributed by atoms with E-state index in [4.69, 9.17) is 9.47 Å². The maximum Gasteiger partial charge on any atom is 0.289 e. The molecule has 0 bridgehead atoms. The lowest BCUT2D eigenvalue weighted by atomic mass is 9.88. The van der Waals surface area contributed by atoms with Gasteiger partial charge in [0.05, 0.1) is 18.9 Å². The minimum Gasteiger partial charge on any atom is -0.338 e. The van der Waals surface area contributed by atoms with Crippen LogP contribution in [0, 0.1) is 5.41 Å². The van der Waals surface area contributed by atoms with Crippen molar-refractivity contribution in [2.45, 2.75) is 26.1 Å². The first-order chi connectivity index (χ1) is 8.60. The van der Waals surface area contributed by atoms with Crippen molar-refractivity contribution in [1.82, 2.24) is 0 Å². The number of ether oxygens (including phenoxy) is 2. The van der Waals surface area contributed by atoms with Crippen LogP contribution in [0.1, 0.15) is 25.8 Å². The second-order valence-corrected chi connectivity index (χ2v) is 5.36. The van der Waals surface area contributed by atoms with E-state index >= 15 is 0 Å². The van der Waals surface area contributed by atoms with E-state index in [0.29, 0.717) is 13.2 Å². The van der Waals surface area contributed by atoms with Crippen LogP contribution in [-0.4, -0.2) is 19.1 Å². The van der Waals surface area contributed by atoms with Gasteiger partial charge in [0.15, 0.2) is 0 Å². The third-order valence-electron chi connectivity index (χ3n) is 3.93.